The van der Waals surface area contributed by atoms with Gasteiger partial charge in [-0.15, -0.1) is 0 Å². The third-order valence-corrected chi connectivity index (χ3v) is 5.42. The first-order valence-electron chi connectivity index (χ1n) is 8.13. The quantitative estimate of drug-likeness (QED) is 0.857. The number of nitrogens with zero attached hydrogens (tertiary/aromatic N) is 2. The van der Waals surface area contributed by atoms with Crippen LogP contribution in [-0.4, -0.2) is 41.5 Å². The lowest BCUT2D eigenvalue weighted by Gasteiger charge is -2.29. The SMILES string of the molecule is COCCn1ncc(C(=O)NC2CCC3(CC2)CC3N)c1C. The van der Waals surface area contributed by atoms with Crippen molar-refractivity contribution in [1.29, 1.82) is 0 Å². The molecule has 2 aliphatic rings. The molecule has 1 aromatic heterocycles. The van der Waals surface area contributed by atoms with Crippen molar-refractivity contribution in [2.45, 2.75) is 57.7 Å². The van der Waals surface area contributed by atoms with Crippen LogP contribution in [0.2, 0.25) is 0 Å². The minimum Gasteiger partial charge on any atom is -0.383 e. The van der Waals surface area contributed by atoms with E-state index >= 15 is 0 Å². The summed E-state index contributed by atoms with van der Waals surface area (Å²) in [5.74, 6) is -0.0118. The van der Waals surface area contributed by atoms with Gasteiger partial charge in [0.2, 0.25) is 0 Å². The topological polar surface area (TPSA) is 82.2 Å². The zero-order valence-corrected chi connectivity index (χ0v) is 13.5. The number of amides is 1. The van der Waals surface area contributed by atoms with E-state index in [9.17, 15) is 4.79 Å². The highest BCUT2D eigenvalue weighted by atomic mass is 16.5. The van der Waals surface area contributed by atoms with Gasteiger partial charge < -0.3 is 15.8 Å². The molecule has 22 heavy (non-hydrogen) atoms. The summed E-state index contributed by atoms with van der Waals surface area (Å²) in [6.45, 7) is 3.19. The number of ether oxygens (including phenoxy) is 1. The first kappa shape index (κ1) is 15.5. The van der Waals surface area contributed by atoms with Gasteiger partial charge in [-0.05, 0) is 44.4 Å². The molecule has 1 heterocycles. The Bertz CT molecular complexity index is 546. The molecule has 0 aliphatic heterocycles. The Labute approximate surface area is 131 Å². The van der Waals surface area contributed by atoms with Crippen molar-refractivity contribution in [1.82, 2.24) is 15.1 Å². The minimum absolute atomic E-state index is 0.0118. The van der Waals surface area contributed by atoms with Crippen LogP contribution >= 0.6 is 0 Å². The summed E-state index contributed by atoms with van der Waals surface area (Å²) in [7, 11) is 1.66. The van der Waals surface area contributed by atoms with E-state index in [0.29, 0.717) is 30.2 Å². The molecule has 6 heteroatoms. The Morgan fingerprint density at radius 3 is 2.82 bits per heavy atom. The standard InChI is InChI=1S/C16H26N4O2/c1-11-13(10-18-20(11)7-8-22-2)15(21)19-12-3-5-16(6-4-12)9-14(16)17/h10,12,14H,3-9,17H2,1-2H3,(H,19,21). The smallest absolute Gasteiger partial charge is 0.254 e. The van der Waals surface area contributed by atoms with Gasteiger partial charge in [-0.2, -0.15) is 5.10 Å². The second-order valence-electron chi connectivity index (χ2n) is 6.78. The van der Waals surface area contributed by atoms with E-state index in [-0.39, 0.29) is 11.9 Å². The number of hydrogen-bond donors (Lipinski definition) is 2. The lowest BCUT2D eigenvalue weighted by molar-refractivity contribution is 0.0918. The molecule has 0 radical (unpaired) electrons. The molecule has 1 aromatic rings. The van der Waals surface area contributed by atoms with E-state index in [0.717, 1.165) is 31.4 Å². The molecule has 0 aromatic carbocycles. The van der Waals surface area contributed by atoms with Gasteiger partial charge in [0.15, 0.2) is 0 Å². The predicted octanol–water partition coefficient (Wildman–Crippen LogP) is 1.23. The normalized spacial score (nSPS) is 30.5. The van der Waals surface area contributed by atoms with Gasteiger partial charge in [0.1, 0.15) is 0 Å². The molecule has 0 saturated heterocycles. The summed E-state index contributed by atoms with van der Waals surface area (Å²) in [5.41, 5.74) is 7.99. The van der Waals surface area contributed by atoms with Gasteiger partial charge in [-0.3, -0.25) is 9.48 Å². The highest BCUT2D eigenvalue weighted by Crippen LogP contribution is 2.54. The molecule has 0 bridgehead atoms. The largest absolute Gasteiger partial charge is 0.383 e. The van der Waals surface area contributed by atoms with Crippen molar-refractivity contribution in [2.24, 2.45) is 11.1 Å². The Balaban J connectivity index is 1.55. The van der Waals surface area contributed by atoms with Crippen molar-refractivity contribution in [3.8, 4) is 0 Å². The third kappa shape index (κ3) is 2.90. The van der Waals surface area contributed by atoms with Crippen molar-refractivity contribution >= 4 is 5.91 Å². The van der Waals surface area contributed by atoms with Gasteiger partial charge in [0.05, 0.1) is 24.9 Å². The molecule has 122 valence electrons. The van der Waals surface area contributed by atoms with E-state index in [4.69, 9.17) is 10.5 Å². The van der Waals surface area contributed by atoms with Gasteiger partial charge in [0.25, 0.3) is 5.91 Å². The Kier molecular flexibility index (Phi) is 4.23. The second-order valence-corrected chi connectivity index (χ2v) is 6.78. The van der Waals surface area contributed by atoms with Crippen LogP contribution in [0.3, 0.4) is 0 Å². The summed E-state index contributed by atoms with van der Waals surface area (Å²) in [5, 5.41) is 7.43. The molecule has 6 nitrogen and oxygen atoms in total. The highest BCUT2D eigenvalue weighted by Gasteiger charge is 2.52. The van der Waals surface area contributed by atoms with Crippen LogP contribution in [0.5, 0.6) is 0 Å². The van der Waals surface area contributed by atoms with Gasteiger partial charge in [-0.25, -0.2) is 0 Å². The van der Waals surface area contributed by atoms with E-state index in [1.165, 1.54) is 6.42 Å². The Morgan fingerprint density at radius 1 is 1.55 bits per heavy atom. The first-order chi connectivity index (χ1) is 10.6. The molecule has 3 rings (SSSR count). The van der Waals surface area contributed by atoms with E-state index in [1.54, 1.807) is 13.3 Å². The molecule has 1 spiro atoms. The molecule has 2 saturated carbocycles. The number of carbonyl (C=O) groups excluding carboxylic acids is 1. The Morgan fingerprint density at radius 2 is 2.23 bits per heavy atom. The van der Waals surface area contributed by atoms with Gasteiger partial charge in [0, 0.05) is 24.9 Å². The van der Waals surface area contributed by atoms with Crippen LogP contribution in [0.25, 0.3) is 0 Å². The summed E-state index contributed by atoms with van der Waals surface area (Å²) in [6.07, 6.45) is 7.18. The summed E-state index contributed by atoms with van der Waals surface area (Å²) in [4.78, 5) is 12.4. The van der Waals surface area contributed by atoms with E-state index < -0.39 is 0 Å². The summed E-state index contributed by atoms with van der Waals surface area (Å²) < 4.78 is 6.87. The lowest BCUT2D eigenvalue weighted by atomic mass is 9.83. The van der Waals surface area contributed by atoms with Crippen LogP contribution in [0.4, 0.5) is 0 Å². The number of hydrogen-bond acceptors (Lipinski definition) is 4. The lowest BCUT2D eigenvalue weighted by Crippen LogP contribution is -2.39. The fourth-order valence-electron chi connectivity index (χ4n) is 3.63. The third-order valence-electron chi connectivity index (χ3n) is 5.42. The average Bonchev–Trinajstić information content (AvgIpc) is 2.96. The molecule has 1 unspecified atom stereocenters. The fourth-order valence-corrected chi connectivity index (χ4v) is 3.63. The van der Waals surface area contributed by atoms with Crippen molar-refractivity contribution in [2.75, 3.05) is 13.7 Å². The first-order valence-corrected chi connectivity index (χ1v) is 8.13. The van der Waals surface area contributed by atoms with Gasteiger partial charge in [-0.1, -0.05) is 0 Å². The number of carbonyl (C=O) groups is 1. The number of aromatic nitrogens is 2. The molecule has 2 fully saturated rings. The van der Waals surface area contributed by atoms with Crippen molar-refractivity contribution in [3.63, 3.8) is 0 Å². The van der Waals surface area contributed by atoms with Crippen molar-refractivity contribution < 1.29 is 9.53 Å². The number of rotatable bonds is 5. The molecule has 1 amide bonds. The van der Waals surface area contributed by atoms with Gasteiger partial charge >= 0.3 is 0 Å². The van der Waals surface area contributed by atoms with E-state index in [1.807, 2.05) is 11.6 Å². The van der Waals surface area contributed by atoms with Crippen LogP contribution in [0, 0.1) is 12.3 Å². The maximum absolute atomic E-state index is 12.4. The number of methoxy groups -OCH3 is 1. The predicted molar refractivity (Wildman–Crippen MR) is 83.6 cm³/mol. The maximum atomic E-state index is 12.4. The molecule has 2 aliphatic carbocycles. The van der Waals surface area contributed by atoms with E-state index in [2.05, 4.69) is 10.4 Å². The molecular weight excluding hydrogens is 280 g/mol. The second kappa shape index (κ2) is 6.01. The molecular formula is C16H26N4O2. The maximum Gasteiger partial charge on any atom is 0.254 e. The highest BCUT2D eigenvalue weighted by molar-refractivity contribution is 5.95. The van der Waals surface area contributed by atoms with Crippen molar-refractivity contribution in [3.05, 3.63) is 17.5 Å². The van der Waals surface area contributed by atoms with Crippen LogP contribution in [-0.2, 0) is 11.3 Å². The summed E-state index contributed by atoms with van der Waals surface area (Å²) >= 11 is 0. The van der Waals surface area contributed by atoms with Crippen LogP contribution in [0.1, 0.15) is 48.2 Å². The Hall–Kier alpha value is -1.40. The number of nitrogens with one attached hydrogen (secondary N) is 1. The zero-order valence-electron chi connectivity index (χ0n) is 13.5. The van der Waals surface area contributed by atoms with Crippen LogP contribution in [0.15, 0.2) is 6.20 Å². The monoisotopic (exact) mass is 306 g/mol. The zero-order chi connectivity index (χ0) is 15.7. The number of nitrogens with two attached hydrogens (primary N) is 1. The minimum atomic E-state index is -0.0118. The molecule has 3 N–H and O–H groups in total. The molecule has 1 atom stereocenters. The summed E-state index contributed by atoms with van der Waals surface area (Å²) in [6, 6.07) is 0.665. The average molecular weight is 306 g/mol. The van der Waals surface area contributed by atoms with Crippen LogP contribution < -0.4 is 11.1 Å². The fraction of sp³-hybridized carbons (Fsp3) is 0.750.